The number of nitrogens with zero attached hydrogens (tertiary/aromatic N) is 3. The Bertz CT molecular complexity index is 1090. The Morgan fingerprint density at radius 1 is 1.23 bits per heavy atom. The number of fused-ring (bicyclic) bond motifs is 1. The van der Waals surface area contributed by atoms with E-state index in [-0.39, 0.29) is 17.6 Å². The molecule has 2 atom stereocenters. The molecule has 0 bridgehead atoms. The minimum absolute atomic E-state index is 0.0933. The van der Waals surface area contributed by atoms with E-state index in [4.69, 9.17) is 19.2 Å². The number of benzene rings is 1. The van der Waals surface area contributed by atoms with Gasteiger partial charge in [0.15, 0.2) is 5.13 Å². The average molecular weight is 426 g/mol. The minimum Gasteiger partial charge on any atom is -0.497 e. The maximum atomic E-state index is 12.6. The van der Waals surface area contributed by atoms with Gasteiger partial charge in [0.1, 0.15) is 11.8 Å². The van der Waals surface area contributed by atoms with Gasteiger partial charge in [-0.05, 0) is 18.2 Å². The fourth-order valence-corrected chi connectivity index (χ4v) is 4.77. The van der Waals surface area contributed by atoms with Gasteiger partial charge in [0.05, 0.1) is 55.8 Å². The molecular formula is C21H22N4O4S. The van der Waals surface area contributed by atoms with E-state index in [1.165, 1.54) is 4.68 Å². The number of aromatic nitrogens is 3. The Morgan fingerprint density at radius 3 is 3.03 bits per heavy atom. The third-order valence-electron chi connectivity index (χ3n) is 5.36. The van der Waals surface area contributed by atoms with Crippen molar-refractivity contribution in [3.8, 4) is 17.0 Å². The summed E-state index contributed by atoms with van der Waals surface area (Å²) in [6, 6.07) is 10.6. The van der Waals surface area contributed by atoms with Crippen LogP contribution in [0.3, 0.4) is 0 Å². The molecule has 0 amide bonds. The second kappa shape index (κ2) is 8.17. The number of methoxy groups -OCH3 is 1. The molecule has 5 rings (SSSR count). The molecule has 1 fully saturated rings. The van der Waals surface area contributed by atoms with Gasteiger partial charge >= 0.3 is 0 Å². The Labute approximate surface area is 177 Å². The van der Waals surface area contributed by atoms with Gasteiger partial charge < -0.3 is 19.5 Å². The van der Waals surface area contributed by atoms with Crippen molar-refractivity contribution in [3.63, 3.8) is 0 Å². The third kappa shape index (κ3) is 3.71. The second-order valence-electron chi connectivity index (χ2n) is 7.28. The normalized spacial score (nSPS) is 20.7. The lowest BCUT2D eigenvalue weighted by Gasteiger charge is -2.20. The summed E-state index contributed by atoms with van der Waals surface area (Å²) in [7, 11) is 1.63. The molecule has 156 valence electrons. The molecule has 0 spiro atoms. The Kier molecular flexibility index (Phi) is 5.24. The van der Waals surface area contributed by atoms with Crippen LogP contribution in [0.15, 0.2) is 41.2 Å². The van der Waals surface area contributed by atoms with Crippen LogP contribution in [0.5, 0.6) is 5.75 Å². The number of ether oxygens (including phenoxy) is 3. The molecular weight excluding hydrogens is 404 g/mol. The summed E-state index contributed by atoms with van der Waals surface area (Å²) >= 11 is 1.60. The van der Waals surface area contributed by atoms with Gasteiger partial charge in [0.25, 0.3) is 5.56 Å². The molecule has 2 aliphatic rings. The molecule has 0 saturated carbocycles. The lowest BCUT2D eigenvalue weighted by Crippen LogP contribution is -2.37. The first kappa shape index (κ1) is 19.2. The maximum Gasteiger partial charge on any atom is 0.267 e. The highest BCUT2D eigenvalue weighted by Gasteiger charge is 2.32. The fraction of sp³-hybridized carbons (Fsp3) is 0.381. The third-order valence-corrected chi connectivity index (χ3v) is 6.36. The molecule has 30 heavy (non-hydrogen) atoms. The molecule has 2 aliphatic heterocycles. The summed E-state index contributed by atoms with van der Waals surface area (Å²) in [6.45, 7) is 2.23. The van der Waals surface area contributed by atoms with Crippen LogP contribution < -0.4 is 15.6 Å². The van der Waals surface area contributed by atoms with Crippen molar-refractivity contribution in [1.82, 2.24) is 14.8 Å². The van der Waals surface area contributed by atoms with Crippen molar-refractivity contribution in [2.24, 2.45) is 0 Å². The summed E-state index contributed by atoms with van der Waals surface area (Å²) in [5, 5.41) is 8.94. The molecule has 8 nitrogen and oxygen atoms in total. The Hall–Kier alpha value is -2.75. The summed E-state index contributed by atoms with van der Waals surface area (Å²) in [6.07, 6.45) is 0.835. The topological polar surface area (TPSA) is 87.5 Å². The molecule has 1 aromatic carbocycles. The molecule has 2 unspecified atom stereocenters. The van der Waals surface area contributed by atoms with Crippen LogP contribution in [0.25, 0.3) is 11.3 Å². The van der Waals surface area contributed by atoms with Crippen LogP contribution in [0.4, 0.5) is 5.13 Å². The highest BCUT2D eigenvalue weighted by atomic mass is 32.1. The van der Waals surface area contributed by atoms with Crippen molar-refractivity contribution < 1.29 is 14.2 Å². The van der Waals surface area contributed by atoms with Crippen LogP contribution >= 0.6 is 11.3 Å². The fourth-order valence-electron chi connectivity index (χ4n) is 3.77. The maximum absolute atomic E-state index is 12.6. The lowest BCUT2D eigenvalue weighted by atomic mass is 10.1. The monoisotopic (exact) mass is 426 g/mol. The van der Waals surface area contributed by atoms with Crippen molar-refractivity contribution >= 4 is 16.5 Å². The molecule has 3 aromatic rings. The van der Waals surface area contributed by atoms with Gasteiger partial charge in [-0.1, -0.05) is 23.5 Å². The first-order chi connectivity index (χ1) is 14.7. The number of hydrogen-bond acceptors (Lipinski definition) is 8. The van der Waals surface area contributed by atoms with Crippen LogP contribution in [-0.4, -0.2) is 47.7 Å². The van der Waals surface area contributed by atoms with Gasteiger partial charge in [0.2, 0.25) is 0 Å². The number of nitrogens with one attached hydrogen (secondary N) is 1. The molecule has 1 saturated heterocycles. The minimum atomic E-state index is -0.222. The van der Waals surface area contributed by atoms with Gasteiger partial charge in [0, 0.05) is 18.1 Å². The first-order valence-corrected chi connectivity index (χ1v) is 10.7. The van der Waals surface area contributed by atoms with E-state index in [0.29, 0.717) is 32.1 Å². The van der Waals surface area contributed by atoms with Crippen molar-refractivity contribution in [3.05, 3.63) is 57.3 Å². The van der Waals surface area contributed by atoms with Crippen LogP contribution in [0.1, 0.15) is 16.6 Å². The summed E-state index contributed by atoms with van der Waals surface area (Å²) in [5.41, 5.74) is 2.54. The zero-order valence-electron chi connectivity index (χ0n) is 16.5. The van der Waals surface area contributed by atoms with Gasteiger partial charge in [-0.3, -0.25) is 4.79 Å². The number of rotatable bonds is 5. The molecule has 0 radical (unpaired) electrons. The lowest BCUT2D eigenvalue weighted by molar-refractivity contribution is 0.112. The Balaban J connectivity index is 1.42. The van der Waals surface area contributed by atoms with Gasteiger partial charge in [-0.15, -0.1) is 0 Å². The number of hydrogen-bond donors (Lipinski definition) is 1. The van der Waals surface area contributed by atoms with E-state index in [2.05, 4.69) is 10.4 Å². The first-order valence-electron chi connectivity index (χ1n) is 9.86. The van der Waals surface area contributed by atoms with Gasteiger partial charge in [-0.25, -0.2) is 9.67 Å². The van der Waals surface area contributed by atoms with Crippen molar-refractivity contribution in [1.29, 1.82) is 0 Å². The van der Waals surface area contributed by atoms with Gasteiger partial charge in [-0.2, -0.15) is 5.10 Å². The molecule has 0 aliphatic carbocycles. The summed E-state index contributed by atoms with van der Waals surface area (Å²) in [4.78, 5) is 18.5. The summed E-state index contributed by atoms with van der Waals surface area (Å²) < 4.78 is 18.0. The molecule has 4 heterocycles. The molecule has 1 N–H and O–H groups in total. The largest absolute Gasteiger partial charge is 0.497 e. The van der Waals surface area contributed by atoms with E-state index in [1.807, 2.05) is 24.3 Å². The Morgan fingerprint density at radius 2 is 2.17 bits per heavy atom. The van der Waals surface area contributed by atoms with Crippen molar-refractivity contribution in [2.75, 3.05) is 32.2 Å². The summed E-state index contributed by atoms with van der Waals surface area (Å²) in [5.74, 6) is 0.743. The SMILES string of the molecule is COc1cccc(-c2ccc(=O)n(C3COCC3Nc3nc4c(s3)COCC4)n2)c1. The number of anilines is 1. The molecule has 2 aromatic heterocycles. The standard InChI is InChI=1S/C21H22N4O4S/c1-27-14-4-2-3-13(9-14)15-5-6-20(26)25(24-15)18-11-29-10-17(18)23-21-22-16-7-8-28-12-19(16)30-21/h2-6,9,17-18H,7-8,10-12H2,1H3,(H,22,23). The average Bonchev–Trinajstić information content (AvgIpc) is 3.40. The van der Waals surface area contributed by atoms with Crippen molar-refractivity contribution in [2.45, 2.75) is 25.1 Å². The number of thiazole rings is 1. The second-order valence-corrected chi connectivity index (χ2v) is 8.36. The quantitative estimate of drug-likeness (QED) is 0.671. The van der Waals surface area contributed by atoms with Crippen LogP contribution in [-0.2, 0) is 22.5 Å². The predicted octanol–water partition coefficient (Wildman–Crippen LogP) is 2.50. The van der Waals surface area contributed by atoms with Crippen LogP contribution in [0.2, 0.25) is 0 Å². The van der Waals surface area contributed by atoms with E-state index < -0.39 is 0 Å². The van der Waals surface area contributed by atoms with Crippen LogP contribution in [0, 0.1) is 0 Å². The zero-order valence-corrected chi connectivity index (χ0v) is 17.4. The smallest absolute Gasteiger partial charge is 0.267 e. The van der Waals surface area contributed by atoms with E-state index in [1.54, 1.807) is 30.6 Å². The van der Waals surface area contributed by atoms with E-state index >= 15 is 0 Å². The zero-order chi connectivity index (χ0) is 20.5. The van der Waals surface area contributed by atoms with E-state index in [9.17, 15) is 4.79 Å². The highest BCUT2D eigenvalue weighted by molar-refractivity contribution is 7.15. The predicted molar refractivity (Wildman–Crippen MR) is 113 cm³/mol. The van der Waals surface area contributed by atoms with E-state index in [0.717, 1.165) is 33.4 Å². The highest BCUT2D eigenvalue weighted by Crippen LogP contribution is 2.30. The molecule has 9 heteroatoms.